The van der Waals surface area contributed by atoms with Crippen LogP contribution < -0.4 is 5.32 Å². The molecule has 0 radical (unpaired) electrons. The first-order valence-electron chi connectivity index (χ1n) is 35.6. The summed E-state index contributed by atoms with van der Waals surface area (Å²) in [4.78, 5) is 24.5. The summed E-state index contributed by atoms with van der Waals surface area (Å²) in [6.45, 7) is 4.91. The molecule has 0 saturated heterocycles. The highest BCUT2D eigenvalue weighted by atomic mass is 16.5. The highest BCUT2D eigenvalue weighted by Gasteiger charge is 2.18. The van der Waals surface area contributed by atoms with E-state index < -0.39 is 12.1 Å². The van der Waals surface area contributed by atoms with Crippen molar-refractivity contribution < 1.29 is 24.5 Å². The Morgan fingerprint density at radius 2 is 0.603 bits per heavy atom. The zero-order valence-electron chi connectivity index (χ0n) is 52.9. The predicted octanol–water partition coefficient (Wildman–Crippen LogP) is 22.9. The predicted molar refractivity (Wildman–Crippen MR) is 343 cm³/mol. The quantitative estimate of drug-likeness (QED) is 0.0320. The number of nitrogens with one attached hydrogen (secondary N) is 1. The maximum atomic E-state index is 12.4. The molecule has 2 unspecified atom stereocenters. The minimum Gasteiger partial charge on any atom is -0.466 e. The zero-order chi connectivity index (χ0) is 56.4. The third-order valence-electron chi connectivity index (χ3n) is 16.7. The maximum absolute atomic E-state index is 12.4. The summed E-state index contributed by atoms with van der Waals surface area (Å²) in [7, 11) is 0. The zero-order valence-corrected chi connectivity index (χ0v) is 52.9. The van der Waals surface area contributed by atoms with Crippen LogP contribution in [0.15, 0.2) is 24.3 Å². The first-order valence-corrected chi connectivity index (χ1v) is 35.6. The molecule has 0 bridgehead atoms. The van der Waals surface area contributed by atoms with E-state index in [9.17, 15) is 19.8 Å². The Balaban J connectivity index is 3.29. The van der Waals surface area contributed by atoms with E-state index in [1.165, 1.54) is 334 Å². The minimum atomic E-state index is -0.839. The molecule has 78 heavy (non-hydrogen) atoms. The molecule has 0 rings (SSSR count). The number of rotatable bonds is 67. The van der Waals surface area contributed by atoms with Crippen molar-refractivity contribution in [1.82, 2.24) is 5.32 Å². The summed E-state index contributed by atoms with van der Waals surface area (Å²) in [6.07, 6.45) is 85.7. The number of aliphatic hydroxyl groups excluding tert-OH is 2. The Kier molecular flexibility index (Phi) is 66.4. The van der Waals surface area contributed by atoms with E-state index in [1.54, 1.807) is 6.08 Å². The number of unbranched alkanes of at least 4 members (excludes halogenated alkanes) is 54. The minimum absolute atomic E-state index is 0.0191. The Labute approximate surface area is 488 Å². The third-order valence-corrected chi connectivity index (χ3v) is 16.7. The number of esters is 1. The van der Waals surface area contributed by atoms with Gasteiger partial charge in [0, 0.05) is 12.8 Å². The van der Waals surface area contributed by atoms with E-state index >= 15 is 0 Å². The number of amides is 1. The van der Waals surface area contributed by atoms with Crippen molar-refractivity contribution in [2.24, 2.45) is 0 Å². The monoisotopic (exact) mass is 1100 g/mol. The van der Waals surface area contributed by atoms with E-state index in [0.29, 0.717) is 19.4 Å². The molecule has 462 valence electrons. The molecule has 2 atom stereocenters. The van der Waals surface area contributed by atoms with E-state index in [1.807, 2.05) is 6.08 Å². The van der Waals surface area contributed by atoms with Crippen LogP contribution in [0.5, 0.6) is 0 Å². The Morgan fingerprint density at radius 1 is 0.346 bits per heavy atom. The molecule has 1 amide bonds. The third kappa shape index (κ3) is 63.5. The summed E-state index contributed by atoms with van der Waals surface area (Å²) in [5.74, 6) is -0.0444. The maximum Gasteiger partial charge on any atom is 0.305 e. The van der Waals surface area contributed by atoms with Gasteiger partial charge in [0.15, 0.2) is 0 Å². The lowest BCUT2D eigenvalue weighted by atomic mass is 10.0. The fourth-order valence-corrected chi connectivity index (χ4v) is 11.3. The molecule has 0 aliphatic carbocycles. The molecule has 6 nitrogen and oxygen atoms in total. The molecule has 6 heteroatoms. The molecule has 0 saturated carbocycles. The molecule has 0 fully saturated rings. The molecule has 0 aliphatic heterocycles. The van der Waals surface area contributed by atoms with Crippen molar-refractivity contribution in [2.75, 3.05) is 13.2 Å². The number of carbonyl (C=O) groups excluding carboxylic acids is 2. The van der Waals surface area contributed by atoms with E-state index in [0.717, 1.165) is 38.5 Å². The van der Waals surface area contributed by atoms with Crippen LogP contribution in [0.2, 0.25) is 0 Å². The number of carbonyl (C=O) groups is 2. The summed E-state index contributed by atoms with van der Waals surface area (Å²) in [5, 5.41) is 23.0. The van der Waals surface area contributed by atoms with Crippen LogP contribution in [0.1, 0.15) is 399 Å². The van der Waals surface area contributed by atoms with E-state index in [4.69, 9.17) is 4.74 Å². The Bertz CT molecular complexity index is 1220. The lowest BCUT2D eigenvalue weighted by Gasteiger charge is -2.20. The Hall–Kier alpha value is -1.66. The lowest BCUT2D eigenvalue weighted by Crippen LogP contribution is -2.45. The van der Waals surface area contributed by atoms with Crippen LogP contribution in [0.25, 0.3) is 0 Å². The van der Waals surface area contributed by atoms with Gasteiger partial charge in [0.1, 0.15) is 0 Å². The molecule has 0 aromatic rings. The second-order valence-corrected chi connectivity index (χ2v) is 24.6. The van der Waals surface area contributed by atoms with Gasteiger partial charge in [-0.3, -0.25) is 9.59 Å². The van der Waals surface area contributed by atoms with E-state index in [2.05, 4.69) is 31.3 Å². The average molecular weight is 1100 g/mol. The van der Waals surface area contributed by atoms with Crippen LogP contribution in [0.4, 0.5) is 0 Å². The number of hydrogen-bond acceptors (Lipinski definition) is 5. The van der Waals surface area contributed by atoms with Crippen molar-refractivity contribution >= 4 is 11.9 Å². The second-order valence-electron chi connectivity index (χ2n) is 24.6. The number of ether oxygens (including phenoxy) is 1. The van der Waals surface area contributed by atoms with Gasteiger partial charge in [0.05, 0.1) is 25.4 Å². The van der Waals surface area contributed by atoms with Crippen LogP contribution >= 0.6 is 0 Å². The van der Waals surface area contributed by atoms with Gasteiger partial charge < -0.3 is 20.3 Å². The average Bonchev–Trinajstić information content (AvgIpc) is 3.44. The summed E-state index contributed by atoms with van der Waals surface area (Å²) < 4.78 is 5.51. The number of aliphatic hydroxyl groups is 2. The van der Waals surface area contributed by atoms with Gasteiger partial charge in [-0.1, -0.05) is 353 Å². The number of allylic oxidation sites excluding steroid dienone is 3. The van der Waals surface area contributed by atoms with Crippen LogP contribution in [0.3, 0.4) is 0 Å². The molecule has 0 aliphatic rings. The molecular formula is C72H139NO5. The molecular weight excluding hydrogens is 959 g/mol. The van der Waals surface area contributed by atoms with Gasteiger partial charge in [0.25, 0.3) is 0 Å². The summed E-state index contributed by atoms with van der Waals surface area (Å²) in [6, 6.07) is -0.622. The number of hydrogen-bond donors (Lipinski definition) is 3. The van der Waals surface area contributed by atoms with Gasteiger partial charge in [0.2, 0.25) is 5.91 Å². The SMILES string of the molecule is CCCCCCCCC/C=C\CCCCCCCCCC(=O)OCCCCCCCCCCCCCCCCCCCCCCCCCCCCCCCCCCCC(=O)NC(CO)C(O)/C=C/CCCCCCCCCC. The smallest absolute Gasteiger partial charge is 0.305 e. The molecule has 0 aromatic carbocycles. The molecule has 3 N–H and O–H groups in total. The van der Waals surface area contributed by atoms with Crippen LogP contribution in [-0.4, -0.2) is 47.4 Å². The van der Waals surface area contributed by atoms with Gasteiger partial charge >= 0.3 is 5.97 Å². The van der Waals surface area contributed by atoms with Crippen molar-refractivity contribution in [3.05, 3.63) is 24.3 Å². The topological polar surface area (TPSA) is 95.9 Å². The summed E-state index contributed by atoms with van der Waals surface area (Å²) >= 11 is 0. The molecule has 0 spiro atoms. The van der Waals surface area contributed by atoms with Crippen molar-refractivity contribution in [3.63, 3.8) is 0 Å². The van der Waals surface area contributed by atoms with Gasteiger partial charge in [-0.05, 0) is 57.8 Å². The standard InChI is InChI=1S/C72H139NO5/c1-3-5-7-9-11-13-15-16-17-18-37-40-43-46-50-54-58-62-66-72(77)78-67-63-59-55-51-47-44-41-38-35-33-31-29-27-25-23-21-19-20-22-24-26-28-30-32-34-36-39-42-45-49-53-57-61-65-71(76)73-69(68-74)70(75)64-60-56-52-48-14-12-10-8-6-4-2/h17-18,60,64,69-70,74-75H,3-16,19-59,61-63,65-68H2,1-2H3,(H,73,76)/b18-17-,64-60+. The lowest BCUT2D eigenvalue weighted by molar-refractivity contribution is -0.143. The van der Waals surface area contributed by atoms with Crippen molar-refractivity contribution in [1.29, 1.82) is 0 Å². The summed E-state index contributed by atoms with van der Waals surface area (Å²) in [5.41, 5.74) is 0. The van der Waals surface area contributed by atoms with Gasteiger partial charge in [-0.2, -0.15) is 0 Å². The highest BCUT2D eigenvalue weighted by molar-refractivity contribution is 5.76. The van der Waals surface area contributed by atoms with Crippen molar-refractivity contribution in [3.8, 4) is 0 Å². The Morgan fingerprint density at radius 3 is 0.910 bits per heavy atom. The second kappa shape index (κ2) is 67.8. The van der Waals surface area contributed by atoms with E-state index in [-0.39, 0.29) is 18.5 Å². The largest absolute Gasteiger partial charge is 0.466 e. The fraction of sp³-hybridized carbons (Fsp3) is 0.917. The molecule has 0 heterocycles. The van der Waals surface area contributed by atoms with Crippen molar-refractivity contribution in [2.45, 2.75) is 411 Å². The first-order chi connectivity index (χ1) is 38.5. The van der Waals surface area contributed by atoms with Gasteiger partial charge in [-0.15, -0.1) is 0 Å². The molecule has 0 aromatic heterocycles. The highest BCUT2D eigenvalue weighted by Crippen LogP contribution is 2.19. The fourth-order valence-electron chi connectivity index (χ4n) is 11.3. The van der Waals surface area contributed by atoms with Crippen LogP contribution in [0, 0.1) is 0 Å². The van der Waals surface area contributed by atoms with Gasteiger partial charge in [-0.25, -0.2) is 0 Å². The normalized spacial score (nSPS) is 12.6. The first kappa shape index (κ1) is 76.3. The van der Waals surface area contributed by atoms with Crippen LogP contribution in [-0.2, 0) is 14.3 Å².